The number of carboxylic acids is 1. The van der Waals surface area contributed by atoms with Crippen LogP contribution in [0.3, 0.4) is 0 Å². The molecule has 1 N–H and O–H groups in total. The van der Waals surface area contributed by atoms with Gasteiger partial charge in [-0.05, 0) is 28.3 Å². The van der Waals surface area contributed by atoms with Crippen LogP contribution < -0.4 is 4.74 Å². The number of nitrogens with zero attached hydrogens (tertiary/aromatic N) is 4. The average Bonchev–Trinajstić information content (AvgIpc) is 3.05. The molecule has 0 aliphatic carbocycles. The predicted molar refractivity (Wildman–Crippen MR) is 73.9 cm³/mol. The zero-order valence-corrected chi connectivity index (χ0v) is 12.1. The molecule has 2 heterocycles. The van der Waals surface area contributed by atoms with E-state index < -0.39 is 5.97 Å². The first kappa shape index (κ1) is 14.4. The van der Waals surface area contributed by atoms with Crippen LogP contribution in [0.15, 0.2) is 11.4 Å². The minimum atomic E-state index is -0.858. The summed E-state index contributed by atoms with van der Waals surface area (Å²) in [6.45, 7) is 2.00. The maximum absolute atomic E-state index is 11.0. The lowest BCUT2D eigenvalue weighted by atomic mass is 10.1. The molecule has 8 heteroatoms. The first-order chi connectivity index (χ1) is 9.67. The van der Waals surface area contributed by atoms with Gasteiger partial charge in [0.25, 0.3) is 0 Å². The van der Waals surface area contributed by atoms with Gasteiger partial charge in [-0.15, -0.1) is 16.4 Å². The Morgan fingerprint density at radius 1 is 1.60 bits per heavy atom. The number of hydrogen-bond donors (Lipinski definition) is 1. The summed E-state index contributed by atoms with van der Waals surface area (Å²) < 4.78 is 6.86. The van der Waals surface area contributed by atoms with Crippen LogP contribution >= 0.6 is 11.3 Å². The van der Waals surface area contributed by atoms with Crippen molar-refractivity contribution in [2.24, 2.45) is 0 Å². The molecular weight excluding hydrogens is 280 g/mol. The van der Waals surface area contributed by atoms with E-state index in [0.29, 0.717) is 18.0 Å². The molecule has 0 amide bonds. The fraction of sp³-hybridized carbons (Fsp3) is 0.500. The third-order valence-electron chi connectivity index (χ3n) is 2.92. The van der Waals surface area contributed by atoms with Gasteiger partial charge in [0.2, 0.25) is 0 Å². The highest BCUT2D eigenvalue weighted by atomic mass is 32.1. The second-order valence-electron chi connectivity index (χ2n) is 4.31. The Bertz CT molecular complexity index is 581. The zero-order valence-electron chi connectivity index (χ0n) is 11.3. The lowest BCUT2D eigenvalue weighted by Gasteiger charge is -2.15. The molecule has 0 radical (unpaired) electrons. The Hall–Kier alpha value is -1.96. The molecule has 2 rings (SSSR count). The van der Waals surface area contributed by atoms with Gasteiger partial charge >= 0.3 is 5.97 Å². The summed E-state index contributed by atoms with van der Waals surface area (Å²) in [4.78, 5) is 11.8. The molecule has 20 heavy (non-hydrogen) atoms. The standard InChI is InChI=1S/C12H16N4O3S/c1-3-4-8(7-10(17)18)16-12(13-14-15-16)11-9(19-2)5-6-20-11/h5-6,8H,3-4,7H2,1-2H3,(H,17,18). The van der Waals surface area contributed by atoms with Crippen LogP contribution in [-0.2, 0) is 4.79 Å². The maximum atomic E-state index is 11.0. The van der Waals surface area contributed by atoms with E-state index in [-0.39, 0.29) is 12.5 Å². The Morgan fingerprint density at radius 2 is 2.40 bits per heavy atom. The minimum absolute atomic E-state index is 0.000426. The van der Waals surface area contributed by atoms with Gasteiger partial charge < -0.3 is 9.84 Å². The van der Waals surface area contributed by atoms with Crippen LogP contribution in [0.5, 0.6) is 5.75 Å². The monoisotopic (exact) mass is 296 g/mol. The molecule has 7 nitrogen and oxygen atoms in total. The molecule has 108 valence electrons. The van der Waals surface area contributed by atoms with Gasteiger partial charge in [0.1, 0.15) is 10.6 Å². The number of aliphatic carboxylic acids is 1. The van der Waals surface area contributed by atoms with Crippen LogP contribution in [0.4, 0.5) is 0 Å². The minimum Gasteiger partial charge on any atom is -0.495 e. The first-order valence-corrected chi connectivity index (χ1v) is 7.16. The smallest absolute Gasteiger partial charge is 0.305 e. The van der Waals surface area contributed by atoms with E-state index in [1.54, 1.807) is 11.8 Å². The van der Waals surface area contributed by atoms with E-state index in [1.807, 2.05) is 18.4 Å². The molecule has 1 unspecified atom stereocenters. The molecule has 0 spiro atoms. The number of aromatic nitrogens is 4. The molecule has 2 aromatic heterocycles. The molecule has 0 bridgehead atoms. The van der Waals surface area contributed by atoms with Gasteiger partial charge in [0, 0.05) is 0 Å². The topological polar surface area (TPSA) is 90.1 Å². The highest BCUT2D eigenvalue weighted by molar-refractivity contribution is 7.13. The van der Waals surface area contributed by atoms with Crippen LogP contribution in [0, 0.1) is 0 Å². The fourth-order valence-electron chi connectivity index (χ4n) is 2.06. The van der Waals surface area contributed by atoms with E-state index in [4.69, 9.17) is 9.84 Å². The molecule has 0 aromatic carbocycles. The zero-order chi connectivity index (χ0) is 14.5. The lowest BCUT2D eigenvalue weighted by Crippen LogP contribution is -2.16. The quantitative estimate of drug-likeness (QED) is 0.842. The first-order valence-electron chi connectivity index (χ1n) is 6.28. The SMILES string of the molecule is CCCC(CC(=O)O)n1nnnc1-c1sccc1OC. The average molecular weight is 296 g/mol. The highest BCUT2D eigenvalue weighted by Crippen LogP contribution is 2.35. The van der Waals surface area contributed by atoms with Crippen molar-refractivity contribution in [3.63, 3.8) is 0 Å². The molecule has 0 aliphatic rings. The van der Waals surface area contributed by atoms with Gasteiger partial charge in [-0.3, -0.25) is 4.79 Å². The second-order valence-corrected chi connectivity index (χ2v) is 5.22. The van der Waals surface area contributed by atoms with Gasteiger partial charge in [-0.1, -0.05) is 13.3 Å². The fourth-order valence-corrected chi connectivity index (χ4v) is 2.89. The van der Waals surface area contributed by atoms with E-state index in [1.165, 1.54) is 11.3 Å². The third kappa shape index (κ3) is 2.96. The van der Waals surface area contributed by atoms with E-state index in [9.17, 15) is 4.79 Å². The number of thiophene rings is 1. The van der Waals surface area contributed by atoms with Crippen molar-refractivity contribution in [3.05, 3.63) is 11.4 Å². The van der Waals surface area contributed by atoms with E-state index >= 15 is 0 Å². The number of methoxy groups -OCH3 is 1. The van der Waals surface area contributed by atoms with Crippen molar-refractivity contribution in [3.8, 4) is 16.5 Å². The summed E-state index contributed by atoms with van der Waals surface area (Å²) in [6, 6.07) is 1.58. The number of ether oxygens (including phenoxy) is 1. The molecule has 0 saturated heterocycles. The summed E-state index contributed by atoms with van der Waals surface area (Å²) in [7, 11) is 1.58. The molecule has 1 atom stereocenters. The molecule has 2 aromatic rings. The number of hydrogen-bond acceptors (Lipinski definition) is 6. The van der Waals surface area contributed by atoms with Crippen LogP contribution in [0.2, 0.25) is 0 Å². The Morgan fingerprint density at radius 3 is 3.05 bits per heavy atom. The number of tetrazole rings is 1. The maximum Gasteiger partial charge on any atom is 0.305 e. The molecule has 0 fully saturated rings. The second kappa shape index (κ2) is 6.47. The summed E-state index contributed by atoms with van der Waals surface area (Å²) in [6.07, 6.45) is 1.57. The number of carboxylic acid groups (broad SMARTS) is 1. The van der Waals surface area contributed by atoms with Crippen molar-refractivity contribution in [2.45, 2.75) is 32.2 Å². The molecule has 0 aliphatic heterocycles. The molecular formula is C12H16N4O3S. The summed E-state index contributed by atoms with van der Waals surface area (Å²) in [5.74, 6) is 0.385. The Balaban J connectivity index is 2.37. The number of rotatable bonds is 7. The Labute approximate surface area is 120 Å². The largest absolute Gasteiger partial charge is 0.495 e. The van der Waals surface area contributed by atoms with Crippen molar-refractivity contribution >= 4 is 17.3 Å². The van der Waals surface area contributed by atoms with Crippen molar-refractivity contribution in [1.82, 2.24) is 20.2 Å². The van der Waals surface area contributed by atoms with Crippen molar-refractivity contribution in [2.75, 3.05) is 7.11 Å². The molecule has 0 saturated carbocycles. The lowest BCUT2D eigenvalue weighted by molar-refractivity contribution is -0.138. The summed E-state index contributed by atoms with van der Waals surface area (Å²) in [5, 5.41) is 22.6. The predicted octanol–water partition coefficient (Wildman–Crippen LogP) is 2.23. The van der Waals surface area contributed by atoms with E-state index in [2.05, 4.69) is 15.5 Å². The van der Waals surface area contributed by atoms with Crippen LogP contribution in [0.25, 0.3) is 10.7 Å². The number of carbonyl (C=O) groups is 1. The van der Waals surface area contributed by atoms with Crippen LogP contribution in [-0.4, -0.2) is 38.4 Å². The third-order valence-corrected chi connectivity index (χ3v) is 3.81. The normalized spacial score (nSPS) is 12.3. The highest BCUT2D eigenvalue weighted by Gasteiger charge is 2.23. The van der Waals surface area contributed by atoms with Crippen molar-refractivity contribution < 1.29 is 14.6 Å². The van der Waals surface area contributed by atoms with Gasteiger partial charge in [0.05, 0.1) is 19.6 Å². The van der Waals surface area contributed by atoms with Gasteiger partial charge in [0.15, 0.2) is 5.82 Å². The van der Waals surface area contributed by atoms with E-state index in [0.717, 1.165) is 11.3 Å². The summed E-state index contributed by atoms with van der Waals surface area (Å²) in [5.41, 5.74) is 0. The summed E-state index contributed by atoms with van der Waals surface area (Å²) >= 11 is 1.46. The Kier molecular flexibility index (Phi) is 4.67. The van der Waals surface area contributed by atoms with Crippen molar-refractivity contribution in [1.29, 1.82) is 0 Å². The van der Waals surface area contributed by atoms with Crippen LogP contribution in [0.1, 0.15) is 32.2 Å². The van der Waals surface area contributed by atoms with Gasteiger partial charge in [-0.25, -0.2) is 4.68 Å². The van der Waals surface area contributed by atoms with Gasteiger partial charge in [-0.2, -0.15) is 0 Å².